The minimum absolute atomic E-state index is 0.0673. The van der Waals surface area contributed by atoms with Crippen LogP contribution in [0.3, 0.4) is 0 Å². The van der Waals surface area contributed by atoms with Crippen molar-refractivity contribution in [3.8, 4) is 11.5 Å². The Bertz CT molecular complexity index is 659. The summed E-state index contributed by atoms with van der Waals surface area (Å²) in [5.74, 6) is 0.00305. The molecule has 2 rings (SSSR count). The highest BCUT2D eigenvalue weighted by Crippen LogP contribution is 2.28. The van der Waals surface area contributed by atoms with Crippen molar-refractivity contribution in [2.75, 3.05) is 12.4 Å². The van der Waals surface area contributed by atoms with Gasteiger partial charge in [0.15, 0.2) is 0 Å². The number of anilines is 1. The summed E-state index contributed by atoms with van der Waals surface area (Å²) in [6, 6.07) is 9.03. The standard InChI is InChI=1S/C14H11Cl2NO3/c1-20-13-5-2-8(6-10(13)16)14(19)17-11-7-9(15)3-4-12(11)18/h2-7,18H,1H3,(H,17,19). The van der Waals surface area contributed by atoms with Gasteiger partial charge < -0.3 is 15.2 Å². The normalized spacial score (nSPS) is 10.2. The zero-order chi connectivity index (χ0) is 14.7. The van der Waals surface area contributed by atoms with Gasteiger partial charge in [-0.25, -0.2) is 0 Å². The summed E-state index contributed by atoms with van der Waals surface area (Å²) >= 11 is 11.8. The molecule has 0 aliphatic carbocycles. The largest absolute Gasteiger partial charge is 0.506 e. The number of hydrogen-bond acceptors (Lipinski definition) is 3. The lowest BCUT2D eigenvalue weighted by molar-refractivity contribution is 0.102. The highest BCUT2D eigenvalue weighted by atomic mass is 35.5. The van der Waals surface area contributed by atoms with Gasteiger partial charge in [0.25, 0.3) is 5.91 Å². The summed E-state index contributed by atoms with van der Waals surface area (Å²) in [5, 5.41) is 12.9. The van der Waals surface area contributed by atoms with Gasteiger partial charge in [0.1, 0.15) is 11.5 Å². The summed E-state index contributed by atoms with van der Waals surface area (Å²) in [6.07, 6.45) is 0. The fourth-order valence-corrected chi connectivity index (χ4v) is 2.04. The number of hydrogen-bond donors (Lipinski definition) is 2. The topological polar surface area (TPSA) is 58.6 Å². The molecule has 0 radical (unpaired) electrons. The molecule has 0 fully saturated rings. The molecule has 2 N–H and O–H groups in total. The second-order valence-electron chi connectivity index (χ2n) is 3.96. The van der Waals surface area contributed by atoms with Gasteiger partial charge in [-0.3, -0.25) is 4.79 Å². The molecule has 0 atom stereocenters. The smallest absolute Gasteiger partial charge is 0.255 e. The van der Waals surface area contributed by atoms with E-state index in [1.807, 2.05) is 0 Å². The van der Waals surface area contributed by atoms with Crippen molar-refractivity contribution < 1.29 is 14.6 Å². The second kappa shape index (κ2) is 6.03. The number of carbonyl (C=O) groups excluding carboxylic acids is 1. The molecule has 2 aromatic rings. The van der Waals surface area contributed by atoms with Crippen LogP contribution in [0.2, 0.25) is 10.0 Å². The predicted octanol–water partition coefficient (Wildman–Crippen LogP) is 3.96. The molecule has 0 aliphatic rings. The Kier molecular flexibility index (Phi) is 4.37. The average molecular weight is 312 g/mol. The van der Waals surface area contributed by atoms with Gasteiger partial charge in [0.05, 0.1) is 17.8 Å². The summed E-state index contributed by atoms with van der Waals surface area (Å²) < 4.78 is 5.01. The molecule has 4 nitrogen and oxygen atoms in total. The molecule has 0 heterocycles. The number of ether oxygens (including phenoxy) is 1. The first kappa shape index (κ1) is 14.5. The Morgan fingerprint density at radius 1 is 1.20 bits per heavy atom. The molecule has 0 spiro atoms. The van der Waals surface area contributed by atoms with Gasteiger partial charge in [-0.05, 0) is 36.4 Å². The molecule has 0 aromatic heterocycles. The number of rotatable bonds is 3. The van der Waals surface area contributed by atoms with Crippen molar-refractivity contribution >= 4 is 34.8 Å². The summed E-state index contributed by atoms with van der Waals surface area (Å²) in [4.78, 5) is 12.1. The number of nitrogens with one attached hydrogen (secondary N) is 1. The van der Waals surface area contributed by atoms with Gasteiger partial charge in [-0.15, -0.1) is 0 Å². The van der Waals surface area contributed by atoms with Gasteiger partial charge in [-0.2, -0.15) is 0 Å². The molecule has 0 unspecified atom stereocenters. The summed E-state index contributed by atoms with van der Waals surface area (Å²) in [7, 11) is 1.49. The van der Waals surface area contributed by atoms with Crippen LogP contribution >= 0.6 is 23.2 Å². The highest BCUT2D eigenvalue weighted by Gasteiger charge is 2.11. The van der Waals surface area contributed by atoms with Crippen molar-refractivity contribution in [3.05, 3.63) is 52.0 Å². The number of amides is 1. The van der Waals surface area contributed by atoms with E-state index in [0.717, 1.165) is 0 Å². The van der Waals surface area contributed by atoms with Crippen LogP contribution in [0.15, 0.2) is 36.4 Å². The maximum absolute atomic E-state index is 12.1. The van der Waals surface area contributed by atoms with E-state index in [0.29, 0.717) is 21.4 Å². The molecule has 0 saturated heterocycles. The van der Waals surface area contributed by atoms with E-state index in [-0.39, 0.29) is 11.4 Å². The lowest BCUT2D eigenvalue weighted by Gasteiger charge is -2.09. The Balaban J connectivity index is 2.24. The Morgan fingerprint density at radius 2 is 1.95 bits per heavy atom. The monoisotopic (exact) mass is 311 g/mol. The zero-order valence-electron chi connectivity index (χ0n) is 10.5. The van der Waals surface area contributed by atoms with Gasteiger partial charge in [-0.1, -0.05) is 23.2 Å². The van der Waals surface area contributed by atoms with Crippen molar-refractivity contribution in [3.63, 3.8) is 0 Å². The fourth-order valence-electron chi connectivity index (χ4n) is 1.61. The molecule has 104 valence electrons. The molecule has 6 heteroatoms. The molecular formula is C14H11Cl2NO3. The van der Waals surface area contributed by atoms with Crippen LogP contribution in [0.1, 0.15) is 10.4 Å². The number of halogens is 2. The number of carbonyl (C=O) groups is 1. The van der Waals surface area contributed by atoms with Gasteiger partial charge >= 0.3 is 0 Å². The Morgan fingerprint density at radius 3 is 2.60 bits per heavy atom. The van der Waals surface area contributed by atoms with Crippen LogP contribution in [-0.4, -0.2) is 18.1 Å². The van der Waals surface area contributed by atoms with Crippen LogP contribution in [0.5, 0.6) is 11.5 Å². The van der Waals surface area contributed by atoms with Crippen LogP contribution in [0.4, 0.5) is 5.69 Å². The molecule has 2 aromatic carbocycles. The first-order valence-electron chi connectivity index (χ1n) is 5.64. The lowest BCUT2D eigenvalue weighted by Crippen LogP contribution is -2.12. The molecule has 1 amide bonds. The number of methoxy groups -OCH3 is 1. The van der Waals surface area contributed by atoms with Crippen LogP contribution in [0.25, 0.3) is 0 Å². The van der Waals surface area contributed by atoms with Gasteiger partial charge in [0.2, 0.25) is 0 Å². The van der Waals surface area contributed by atoms with Crippen molar-refractivity contribution in [1.29, 1.82) is 0 Å². The number of aromatic hydroxyl groups is 1. The quantitative estimate of drug-likeness (QED) is 0.843. The van der Waals surface area contributed by atoms with E-state index in [1.165, 1.54) is 31.4 Å². The minimum atomic E-state index is -0.410. The number of phenolic OH excluding ortho intramolecular Hbond substituents is 1. The Hall–Kier alpha value is -1.91. The maximum atomic E-state index is 12.1. The van der Waals surface area contributed by atoms with Crippen molar-refractivity contribution in [2.45, 2.75) is 0 Å². The number of benzene rings is 2. The Labute approximate surface area is 125 Å². The molecular weight excluding hydrogens is 301 g/mol. The van der Waals surface area contributed by atoms with Crippen LogP contribution < -0.4 is 10.1 Å². The predicted molar refractivity (Wildman–Crippen MR) is 79.1 cm³/mol. The fraction of sp³-hybridized carbons (Fsp3) is 0.0714. The highest BCUT2D eigenvalue weighted by molar-refractivity contribution is 6.32. The van der Waals surface area contributed by atoms with E-state index in [1.54, 1.807) is 12.1 Å². The van der Waals surface area contributed by atoms with E-state index in [9.17, 15) is 9.90 Å². The third-order valence-corrected chi connectivity index (χ3v) is 3.15. The SMILES string of the molecule is COc1ccc(C(=O)Nc2cc(Cl)ccc2O)cc1Cl. The van der Waals surface area contributed by atoms with Crippen LogP contribution in [0, 0.1) is 0 Å². The number of phenols is 1. The second-order valence-corrected chi connectivity index (χ2v) is 4.81. The van der Waals surface area contributed by atoms with Crippen molar-refractivity contribution in [2.24, 2.45) is 0 Å². The van der Waals surface area contributed by atoms with E-state index >= 15 is 0 Å². The third kappa shape index (κ3) is 3.15. The summed E-state index contributed by atoms with van der Waals surface area (Å²) in [5.41, 5.74) is 0.574. The van der Waals surface area contributed by atoms with Crippen molar-refractivity contribution in [1.82, 2.24) is 0 Å². The van der Waals surface area contributed by atoms with Gasteiger partial charge in [0, 0.05) is 10.6 Å². The molecule has 20 heavy (non-hydrogen) atoms. The summed E-state index contributed by atoms with van der Waals surface area (Å²) in [6.45, 7) is 0. The molecule has 0 saturated carbocycles. The third-order valence-electron chi connectivity index (χ3n) is 2.62. The van der Waals surface area contributed by atoms with E-state index in [2.05, 4.69) is 5.32 Å². The maximum Gasteiger partial charge on any atom is 0.255 e. The van der Waals surface area contributed by atoms with E-state index < -0.39 is 5.91 Å². The zero-order valence-corrected chi connectivity index (χ0v) is 12.0. The molecule has 0 bridgehead atoms. The van der Waals surface area contributed by atoms with E-state index in [4.69, 9.17) is 27.9 Å². The first-order valence-corrected chi connectivity index (χ1v) is 6.40. The average Bonchev–Trinajstić information content (AvgIpc) is 2.42. The van der Waals surface area contributed by atoms with Crippen LogP contribution in [-0.2, 0) is 0 Å². The lowest BCUT2D eigenvalue weighted by atomic mass is 10.2. The minimum Gasteiger partial charge on any atom is -0.506 e. The molecule has 0 aliphatic heterocycles. The first-order chi connectivity index (χ1) is 9.51.